The number of nitrogens with one attached hydrogen (secondary N) is 2. The number of para-hydroxylation sites is 1. The van der Waals surface area contributed by atoms with Gasteiger partial charge in [-0.25, -0.2) is 13.4 Å². The van der Waals surface area contributed by atoms with Crippen molar-refractivity contribution in [1.82, 2.24) is 4.98 Å². The van der Waals surface area contributed by atoms with Gasteiger partial charge in [0.25, 0.3) is 15.9 Å². The van der Waals surface area contributed by atoms with Gasteiger partial charge in [-0.05, 0) is 42.5 Å². The molecule has 3 aromatic carbocycles. The van der Waals surface area contributed by atoms with Crippen LogP contribution in [0.3, 0.4) is 0 Å². The number of anilines is 2. The number of methoxy groups -OCH3 is 2. The molecular weight excluding hydrogens is 474 g/mol. The van der Waals surface area contributed by atoms with E-state index in [1.807, 2.05) is 6.07 Å². The predicted octanol–water partition coefficient (Wildman–Crippen LogP) is 4.88. The minimum Gasteiger partial charge on any atom is -0.493 e. The number of hydrogen-bond acceptors (Lipinski definition) is 7. The first-order chi connectivity index (χ1) is 16.4. The van der Waals surface area contributed by atoms with Crippen molar-refractivity contribution in [2.24, 2.45) is 0 Å². The van der Waals surface area contributed by atoms with Gasteiger partial charge in [-0.2, -0.15) is 0 Å². The van der Waals surface area contributed by atoms with Crippen molar-refractivity contribution in [3.05, 3.63) is 83.7 Å². The molecule has 0 saturated heterocycles. The standard InChI is InChI=1S/C24H21N3O5S2/c1-31-21-13-12-16(14-22(21)32-2)20-15-33-24(25-20)26-23(28)18-10-6-7-11-19(18)27-34(29,30)17-8-4-3-5-9-17/h3-15,27H,1-2H3,(H,25,26,28). The van der Waals surface area contributed by atoms with E-state index in [9.17, 15) is 13.2 Å². The molecule has 1 aromatic heterocycles. The lowest BCUT2D eigenvalue weighted by atomic mass is 10.1. The van der Waals surface area contributed by atoms with Gasteiger partial charge < -0.3 is 9.47 Å². The minimum absolute atomic E-state index is 0.102. The third-order valence-electron chi connectivity index (χ3n) is 4.87. The molecule has 0 spiro atoms. The monoisotopic (exact) mass is 495 g/mol. The summed E-state index contributed by atoms with van der Waals surface area (Å²) in [5.74, 6) is 0.683. The highest BCUT2D eigenvalue weighted by atomic mass is 32.2. The Morgan fingerprint density at radius 3 is 2.35 bits per heavy atom. The van der Waals surface area contributed by atoms with Crippen LogP contribution in [0.25, 0.3) is 11.3 Å². The Bertz CT molecular complexity index is 1420. The van der Waals surface area contributed by atoms with Crippen LogP contribution in [0.4, 0.5) is 10.8 Å². The summed E-state index contributed by atoms with van der Waals surface area (Å²) in [6, 6.07) is 19.8. The zero-order valence-corrected chi connectivity index (χ0v) is 19.9. The molecule has 1 amide bonds. The molecule has 8 nitrogen and oxygen atoms in total. The summed E-state index contributed by atoms with van der Waals surface area (Å²) in [7, 11) is -0.737. The first-order valence-electron chi connectivity index (χ1n) is 10.1. The van der Waals surface area contributed by atoms with Crippen molar-refractivity contribution < 1.29 is 22.7 Å². The lowest BCUT2D eigenvalue weighted by Gasteiger charge is -2.12. The van der Waals surface area contributed by atoms with Crippen LogP contribution in [0.1, 0.15) is 10.4 Å². The molecule has 0 aliphatic rings. The molecule has 34 heavy (non-hydrogen) atoms. The Balaban J connectivity index is 1.54. The number of sulfonamides is 1. The number of carbonyl (C=O) groups excluding carboxylic acids is 1. The van der Waals surface area contributed by atoms with E-state index in [4.69, 9.17) is 9.47 Å². The molecule has 0 saturated carbocycles. The summed E-state index contributed by atoms with van der Waals surface area (Å²) >= 11 is 1.25. The summed E-state index contributed by atoms with van der Waals surface area (Å²) in [5.41, 5.74) is 1.79. The fraction of sp³-hybridized carbons (Fsp3) is 0.0833. The zero-order chi connectivity index (χ0) is 24.1. The molecular formula is C24H21N3O5S2. The average Bonchev–Trinajstić information content (AvgIpc) is 3.32. The topological polar surface area (TPSA) is 107 Å². The van der Waals surface area contributed by atoms with Crippen molar-refractivity contribution in [3.8, 4) is 22.8 Å². The number of benzene rings is 3. The summed E-state index contributed by atoms with van der Waals surface area (Å²) in [5, 5.41) is 4.92. The van der Waals surface area contributed by atoms with Crippen molar-refractivity contribution in [2.75, 3.05) is 24.3 Å². The fourth-order valence-electron chi connectivity index (χ4n) is 3.20. The van der Waals surface area contributed by atoms with Gasteiger partial charge in [0.2, 0.25) is 0 Å². The number of hydrogen-bond donors (Lipinski definition) is 2. The number of ether oxygens (including phenoxy) is 2. The Morgan fingerprint density at radius 2 is 1.62 bits per heavy atom. The molecule has 174 valence electrons. The Labute approximate surface area is 201 Å². The number of nitrogens with zero attached hydrogens (tertiary/aromatic N) is 1. The lowest BCUT2D eigenvalue weighted by Crippen LogP contribution is -2.18. The smallest absolute Gasteiger partial charge is 0.261 e. The first kappa shape index (κ1) is 23.3. The molecule has 0 aliphatic carbocycles. The first-order valence-corrected chi connectivity index (χ1v) is 12.4. The maximum atomic E-state index is 13.0. The van der Waals surface area contributed by atoms with E-state index in [-0.39, 0.29) is 16.1 Å². The van der Waals surface area contributed by atoms with Gasteiger partial charge >= 0.3 is 0 Å². The van der Waals surface area contributed by atoms with Crippen LogP contribution in [-0.2, 0) is 10.0 Å². The zero-order valence-electron chi connectivity index (χ0n) is 18.3. The summed E-state index contributed by atoms with van der Waals surface area (Å²) < 4.78 is 38.5. The maximum absolute atomic E-state index is 13.0. The molecule has 0 fully saturated rings. The highest BCUT2D eigenvalue weighted by Crippen LogP contribution is 2.33. The van der Waals surface area contributed by atoms with Gasteiger partial charge in [-0.3, -0.25) is 14.8 Å². The van der Waals surface area contributed by atoms with Crippen molar-refractivity contribution in [1.29, 1.82) is 0 Å². The molecule has 1 heterocycles. The van der Waals surface area contributed by atoms with Crippen LogP contribution in [0.5, 0.6) is 11.5 Å². The summed E-state index contributed by atoms with van der Waals surface area (Å²) in [6.45, 7) is 0. The summed E-state index contributed by atoms with van der Waals surface area (Å²) in [4.78, 5) is 17.6. The van der Waals surface area contributed by atoms with E-state index in [2.05, 4.69) is 15.0 Å². The number of aromatic nitrogens is 1. The van der Waals surface area contributed by atoms with Crippen LogP contribution < -0.4 is 19.5 Å². The highest BCUT2D eigenvalue weighted by Gasteiger charge is 2.19. The Morgan fingerprint density at radius 1 is 0.912 bits per heavy atom. The third kappa shape index (κ3) is 5.03. The summed E-state index contributed by atoms with van der Waals surface area (Å²) in [6.07, 6.45) is 0. The van der Waals surface area contributed by atoms with Crippen LogP contribution in [-0.4, -0.2) is 33.5 Å². The number of rotatable bonds is 8. The normalized spacial score (nSPS) is 11.0. The van der Waals surface area contributed by atoms with Crippen molar-refractivity contribution in [2.45, 2.75) is 4.90 Å². The SMILES string of the molecule is COc1ccc(-c2csc(NC(=O)c3ccccc3NS(=O)(=O)c3ccccc3)n2)cc1OC. The van der Waals surface area contributed by atoms with Crippen molar-refractivity contribution >= 4 is 38.1 Å². The molecule has 4 aromatic rings. The van der Waals surface area contributed by atoms with Crippen LogP contribution in [0.15, 0.2) is 83.1 Å². The molecule has 10 heteroatoms. The maximum Gasteiger partial charge on any atom is 0.261 e. The van der Waals surface area contributed by atoms with E-state index >= 15 is 0 Å². The van der Waals surface area contributed by atoms with Gasteiger partial charge in [0.15, 0.2) is 16.6 Å². The second-order valence-electron chi connectivity index (χ2n) is 7.03. The highest BCUT2D eigenvalue weighted by molar-refractivity contribution is 7.92. The van der Waals surface area contributed by atoms with Crippen LogP contribution in [0.2, 0.25) is 0 Å². The molecule has 2 N–H and O–H groups in total. The fourth-order valence-corrected chi connectivity index (χ4v) is 5.01. The van der Waals surface area contributed by atoms with Gasteiger partial charge in [-0.15, -0.1) is 11.3 Å². The molecule has 0 radical (unpaired) electrons. The predicted molar refractivity (Wildman–Crippen MR) is 132 cm³/mol. The second kappa shape index (κ2) is 9.94. The quantitative estimate of drug-likeness (QED) is 0.361. The third-order valence-corrected chi connectivity index (χ3v) is 7.01. The Hall–Kier alpha value is -3.89. The van der Waals surface area contributed by atoms with Gasteiger partial charge in [-0.1, -0.05) is 30.3 Å². The van der Waals surface area contributed by atoms with Gasteiger partial charge in [0.05, 0.1) is 36.1 Å². The largest absolute Gasteiger partial charge is 0.493 e. The molecule has 0 aliphatic heterocycles. The lowest BCUT2D eigenvalue weighted by molar-refractivity contribution is 0.102. The number of carbonyl (C=O) groups is 1. The van der Waals surface area contributed by atoms with E-state index in [1.165, 1.54) is 29.5 Å². The van der Waals surface area contributed by atoms with Gasteiger partial charge in [0.1, 0.15) is 0 Å². The van der Waals surface area contributed by atoms with E-state index < -0.39 is 15.9 Å². The van der Waals surface area contributed by atoms with Gasteiger partial charge in [0, 0.05) is 10.9 Å². The van der Waals surface area contributed by atoms with Crippen LogP contribution >= 0.6 is 11.3 Å². The number of thiazole rings is 1. The Kier molecular flexibility index (Phi) is 6.80. The molecule has 0 bridgehead atoms. The van der Waals surface area contributed by atoms with E-state index in [0.717, 1.165) is 5.56 Å². The molecule has 0 atom stereocenters. The average molecular weight is 496 g/mol. The minimum atomic E-state index is -3.85. The molecule has 4 rings (SSSR count). The number of amides is 1. The van der Waals surface area contributed by atoms with Crippen LogP contribution in [0, 0.1) is 0 Å². The second-order valence-corrected chi connectivity index (χ2v) is 9.57. The van der Waals surface area contributed by atoms with E-state index in [1.54, 1.807) is 68.1 Å². The van der Waals surface area contributed by atoms with E-state index in [0.29, 0.717) is 22.3 Å². The molecule has 0 unspecified atom stereocenters. The van der Waals surface area contributed by atoms with Crippen molar-refractivity contribution in [3.63, 3.8) is 0 Å².